The van der Waals surface area contributed by atoms with E-state index in [1.807, 2.05) is 0 Å². The Bertz CT molecular complexity index is 2600. The van der Waals surface area contributed by atoms with Crippen LogP contribution in [-0.2, 0) is 20.2 Å². The zero-order chi connectivity index (χ0) is 39.1. The molecule has 0 aliphatic carbocycles. The Kier molecular flexibility index (Phi) is 9.74. The number of fused-ring (bicyclic) bond motifs is 2. The zero-order valence-corrected chi connectivity index (χ0v) is 29.8. The molecule has 0 aliphatic rings. The second kappa shape index (κ2) is 14.1. The first-order chi connectivity index (χ1) is 25.3. The van der Waals surface area contributed by atoms with E-state index < -0.39 is 38.1 Å². The summed E-state index contributed by atoms with van der Waals surface area (Å²) in [4.78, 5) is 38.2. The molecule has 0 aliphatic heterocycles. The Balaban J connectivity index is 1.16. The van der Waals surface area contributed by atoms with Crippen molar-refractivity contribution in [2.75, 3.05) is 10.6 Å². The van der Waals surface area contributed by atoms with Gasteiger partial charge in [0.15, 0.2) is 0 Å². The highest BCUT2D eigenvalue weighted by atomic mass is 32.2. The standard InChI is InChI=1S/C37H30N4O11S2/c1-19-3-5-21(15-31(19)38-33-17-25(42)11-23-13-27(53(47,48)49)7-9-29(23)33)35(44)40-37(46)41-36(45)22-6-4-20(2)32(16-22)39-34-18-26(43)12-24-14-28(54(50,51)52)8-10-30(24)34/h3-18,38-39,42-43H,1-2H3,(H,47,48,49)(H,50,51,52)(H2,40,41,44,45,46). The third kappa shape index (κ3) is 8.08. The lowest BCUT2D eigenvalue weighted by atomic mass is 10.1. The molecule has 0 fully saturated rings. The van der Waals surface area contributed by atoms with Crippen LogP contribution in [0, 0.1) is 13.8 Å². The molecule has 0 atom stereocenters. The molecule has 0 unspecified atom stereocenters. The van der Waals surface area contributed by atoms with Gasteiger partial charge in [-0.25, -0.2) is 4.79 Å². The van der Waals surface area contributed by atoms with Crippen LogP contribution in [0.4, 0.5) is 27.5 Å². The number of benzene rings is 6. The minimum Gasteiger partial charge on any atom is -0.508 e. The van der Waals surface area contributed by atoms with Crippen LogP contribution in [-0.4, -0.2) is 54.0 Å². The maximum Gasteiger partial charge on any atom is 0.328 e. The summed E-state index contributed by atoms with van der Waals surface area (Å²) in [5, 5.41) is 32.6. The van der Waals surface area contributed by atoms with Crippen molar-refractivity contribution >= 4 is 82.4 Å². The van der Waals surface area contributed by atoms with Crippen molar-refractivity contribution in [1.82, 2.24) is 10.6 Å². The second-order valence-corrected chi connectivity index (χ2v) is 15.1. The molecule has 276 valence electrons. The molecule has 0 radical (unpaired) electrons. The largest absolute Gasteiger partial charge is 0.508 e. The van der Waals surface area contributed by atoms with Crippen molar-refractivity contribution in [3.05, 3.63) is 119 Å². The lowest BCUT2D eigenvalue weighted by Crippen LogP contribution is -2.42. The number of aryl methyl sites for hydroxylation is 2. The number of phenolic OH excluding ortho intramolecular Hbond substituents is 2. The van der Waals surface area contributed by atoms with Crippen molar-refractivity contribution in [2.45, 2.75) is 23.6 Å². The van der Waals surface area contributed by atoms with E-state index in [0.717, 1.165) is 0 Å². The van der Waals surface area contributed by atoms with Crippen LogP contribution in [0.2, 0.25) is 0 Å². The van der Waals surface area contributed by atoms with Gasteiger partial charge in [-0.05, 0) is 96.4 Å². The number of aromatic hydroxyl groups is 2. The van der Waals surface area contributed by atoms with Gasteiger partial charge in [-0.2, -0.15) is 16.8 Å². The van der Waals surface area contributed by atoms with Crippen molar-refractivity contribution in [1.29, 1.82) is 0 Å². The first kappa shape index (κ1) is 37.2. The van der Waals surface area contributed by atoms with Crippen molar-refractivity contribution < 1.29 is 50.5 Å². The number of carbonyl (C=O) groups excluding carboxylic acids is 3. The Hall–Kier alpha value is -6.53. The monoisotopic (exact) mass is 770 g/mol. The number of urea groups is 1. The normalized spacial score (nSPS) is 11.6. The maximum absolute atomic E-state index is 13.1. The summed E-state index contributed by atoms with van der Waals surface area (Å²) in [5.41, 5.74) is 2.93. The molecular weight excluding hydrogens is 741 g/mol. The van der Waals surface area contributed by atoms with E-state index in [4.69, 9.17) is 0 Å². The smallest absolute Gasteiger partial charge is 0.328 e. The van der Waals surface area contributed by atoms with Gasteiger partial charge in [-0.1, -0.05) is 24.3 Å². The Morgan fingerprint density at radius 1 is 0.500 bits per heavy atom. The molecule has 4 amide bonds. The molecule has 0 bridgehead atoms. The van der Waals surface area contributed by atoms with Crippen LogP contribution in [0.5, 0.6) is 11.5 Å². The van der Waals surface area contributed by atoms with E-state index in [0.29, 0.717) is 55.4 Å². The van der Waals surface area contributed by atoms with E-state index in [2.05, 4.69) is 21.3 Å². The SMILES string of the molecule is Cc1ccc(C(=O)NC(=O)NC(=O)c2ccc(C)c(Nc3cc(O)cc4cc(S(=O)(=O)O)ccc34)c2)cc1Nc1cc(O)cc2cc(S(=O)(=O)O)ccc12. The summed E-state index contributed by atoms with van der Waals surface area (Å²) in [6.07, 6.45) is 0. The molecule has 6 rings (SSSR count). The van der Waals surface area contributed by atoms with Crippen LogP contribution < -0.4 is 21.3 Å². The highest BCUT2D eigenvalue weighted by Crippen LogP contribution is 2.35. The Morgan fingerprint density at radius 2 is 0.889 bits per heavy atom. The predicted octanol–water partition coefficient (Wildman–Crippen LogP) is 6.28. The van der Waals surface area contributed by atoms with Crippen molar-refractivity contribution in [3.63, 3.8) is 0 Å². The number of nitrogens with one attached hydrogen (secondary N) is 4. The lowest BCUT2D eigenvalue weighted by Gasteiger charge is -2.15. The molecule has 0 saturated heterocycles. The van der Waals surface area contributed by atoms with Crippen molar-refractivity contribution in [2.24, 2.45) is 0 Å². The van der Waals surface area contributed by atoms with E-state index in [9.17, 15) is 50.5 Å². The van der Waals surface area contributed by atoms with Crippen LogP contribution in [0.15, 0.2) is 107 Å². The zero-order valence-electron chi connectivity index (χ0n) is 28.2. The third-order valence-electron chi connectivity index (χ3n) is 8.41. The Morgan fingerprint density at radius 3 is 1.26 bits per heavy atom. The highest BCUT2D eigenvalue weighted by molar-refractivity contribution is 7.86. The van der Waals surface area contributed by atoms with Crippen LogP contribution in [0.3, 0.4) is 0 Å². The summed E-state index contributed by atoms with van der Waals surface area (Å²) < 4.78 is 65.3. The minimum atomic E-state index is -4.49. The molecule has 0 heterocycles. The van der Waals surface area contributed by atoms with Gasteiger partial charge >= 0.3 is 6.03 Å². The molecular formula is C37H30N4O11S2. The molecule has 6 aromatic rings. The Labute approximate surface area is 307 Å². The number of carbonyl (C=O) groups is 3. The fourth-order valence-corrected chi connectivity index (χ4v) is 6.69. The molecule has 54 heavy (non-hydrogen) atoms. The highest BCUT2D eigenvalue weighted by Gasteiger charge is 2.19. The number of hydrogen-bond acceptors (Lipinski definition) is 11. The molecule has 0 spiro atoms. The number of phenols is 2. The van der Waals surface area contributed by atoms with E-state index in [1.54, 1.807) is 26.0 Å². The van der Waals surface area contributed by atoms with Gasteiger partial charge in [0, 0.05) is 45.4 Å². The second-order valence-electron chi connectivity index (χ2n) is 12.2. The van der Waals surface area contributed by atoms with E-state index >= 15 is 0 Å². The van der Waals surface area contributed by atoms with E-state index in [-0.39, 0.29) is 32.4 Å². The van der Waals surface area contributed by atoms with Gasteiger partial charge in [-0.15, -0.1) is 0 Å². The minimum absolute atomic E-state index is 0.0349. The fraction of sp³-hybridized carbons (Fsp3) is 0.0541. The number of rotatable bonds is 8. The molecule has 0 aromatic heterocycles. The summed E-state index contributed by atoms with van der Waals surface area (Å²) in [6, 6.07) is 21.0. The molecule has 8 N–H and O–H groups in total. The maximum atomic E-state index is 13.1. The number of anilines is 4. The topological polar surface area (TPSA) is 249 Å². The van der Waals surface area contributed by atoms with Gasteiger partial charge in [0.05, 0.1) is 21.2 Å². The average Bonchev–Trinajstić information content (AvgIpc) is 3.08. The lowest BCUT2D eigenvalue weighted by molar-refractivity contribution is 0.0944. The fourth-order valence-electron chi connectivity index (χ4n) is 5.66. The van der Waals surface area contributed by atoms with Gasteiger partial charge in [0.25, 0.3) is 32.1 Å². The summed E-state index contributed by atoms with van der Waals surface area (Å²) in [6.45, 7) is 3.48. The third-order valence-corrected chi connectivity index (χ3v) is 10.1. The van der Waals surface area contributed by atoms with E-state index in [1.165, 1.54) is 84.9 Å². The summed E-state index contributed by atoms with van der Waals surface area (Å²) >= 11 is 0. The summed E-state index contributed by atoms with van der Waals surface area (Å²) in [7, 11) is -8.99. The predicted molar refractivity (Wildman–Crippen MR) is 200 cm³/mol. The number of hydrogen-bond donors (Lipinski definition) is 8. The van der Waals surface area contributed by atoms with Gasteiger partial charge in [-0.3, -0.25) is 29.3 Å². The van der Waals surface area contributed by atoms with Crippen molar-refractivity contribution in [3.8, 4) is 11.5 Å². The first-order valence-electron chi connectivity index (χ1n) is 15.8. The molecule has 17 heteroatoms. The average molecular weight is 771 g/mol. The molecule has 15 nitrogen and oxygen atoms in total. The summed E-state index contributed by atoms with van der Waals surface area (Å²) in [5.74, 6) is -2.10. The molecule has 6 aromatic carbocycles. The van der Waals surface area contributed by atoms with Crippen LogP contribution in [0.25, 0.3) is 21.5 Å². The van der Waals surface area contributed by atoms with Crippen LogP contribution in [0.1, 0.15) is 31.8 Å². The number of amides is 4. The van der Waals surface area contributed by atoms with Gasteiger partial charge in [0.1, 0.15) is 11.5 Å². The molecule has 0 saturated carbocycles. The van der Waals surface area contributed by atoms with Gasteiger partial charge in [0.2, 0.25) is 0 Å². The first-order valence-corrected chi connectivity index (χ1v) is 18.6. The van der Waals surface area contributed by atoms with Gasteiger partial charge < -0.3 is 20.8 Å². The van der Waals surface area contributed by atoms with Crippen LogP contribution >= 0.6 is 0 Å². The number of imide groups is 2. The quantitative estimate of drug-likeness (QED) is 0.0795.